The number of thiazole rings is 1. The van der Waals surface area contributed by atoms with Crippen LogP contribution in [0, 0.1) is 6.92 Å². The van der Waals surface area contributed by atoms with Crippen LogP contribution in [0.3, 0.4) is 0 Å². The third-order valence-corrected chi connectivity index (χ3v) is 5.12. The number of morpholine rings is 1. The van der Waals surface area contributed by atoms with Gasteiger partial charge < -0.3 is 20.3 Å². The molecule has 1 unspecified atom stereocenters. The summed E-state index contributed by atoms with van der Waals surface area (Å²) in [5.74, 6) is 0. The minimum absolute atomic E-state index is 0.0538. The molecule has 25 heavy (non-hydrogen) atoms. The average molecular weight is 360 g/mol. The molecule has 7 heteroatoms. The van der Waals surface area contributed by atoms with Gasteiger partial charge in [-0.15, -0.1) is 11.3 Å². The molecule has 2 heterocycles. The second kappa shape index (κ2) is 8.31. The zero-order valence-electron chi connectivity index (χ0n) is 14.6. The topological polar surface area (TPSA) is 66.5 Å². The molecule has 0 bridgehead atoms. The van der Waals surface area contributed by atoms with Crippen molar-refractivity contribution in [3.63, 3.8) is 0 Å². The maximum absolute atomic E-state index is 12.1. The second-order valence-corrected chi connectivity index (χ2v) is 7.40. The van der Waals surface area contributed by atoms with Crippen LogP contribution in [-0.4, -0.2) is 37.3 Å². The van der Waals surface area contributed by atoms with Crippen LogP contribution in [0.2, 0.25) is 0 Å². The average Bonchev–Trinajstić information content (AvgIpc) is 3.06. The third kappa shape index (κ3) is 4.93. The number of aryl methyl sites for hydroxylation is 1. The number of benzene rings is 1. The molecule has 0 radical (unpaired) electrons. The number of nitrogens with zero attached hydrogens (tertiary/aromatic N) is 2. The molecule has 1 aromatic carbocycles. The quantitative estimate of drug-likeness (QED) is 0.860. The van der Waals surface area contributed by atoms with Crippen molar-refractivity contribution in [3.05, 3.63) is 45.9 Å². The van der Waals surface area contributed by atoms with Crippen molar-refractivity contribution in [3.8, 4) is 0 Å². The van der Waals surface area contributed by atoms with Gasteiger partial charge in [0.1, 0.15) is 0 Å². The molecule has 1 saturated heterocycles. The number of aromatic nitrogens is 1. The highest BCUT2D eigenvalue weighted by Crippen LogP contribution is 2.20. The van der Waals surface area contributed by atoms with Crippen LogP contribution in [0.25, 0.3) is 0 Å². The molecular formula is C18H24N4O2S. The van der Waals surface area contributed by atoms with Crippen LogP contribution in [0.4, 0.5) is 10.5 Å². The minimum atomic E-state index is -0.171. The molecule has 2 aromatic rings. The molecule has 0 saturated carbocycles. The van der Waals surface area contributed by atoms with Gasteiger partial charge in [0.2, 0.25) is 0 Å². The number of anilines is 1. The molecular weight excluding hydrogens is 336 g/mol. The van der Waals surface area contributed by atoms with Crippen LogP contribution in [0.5, 0.6) is 0 Å². The zero-order chi connectivity index (χ0) is 17.6. The van der Waals surface area contributed by atoms with Crippen molar-refractivity contribution in [1.82, 2.24) is 15.6 Å². The van der Waals surface area contributed by atoms with E-state index >= 15 is 0 Å². The summed E-state index contributed by atoms with van der Waals surface area (Å²) in [6.45, 7) is 7.84. The Morgan fingerprint density at radius 1 is 1.32 bits per heavy atom. The van der Waals surface area contributed by atoms with E-state index in [0.29, 0.717) is 6.54 Å². The highest BCUT2D eigenvalue weighted by molar-refractivity contribution is 7.11. The molecule has 2 N–H and O–H groups in total. The molecule has 1 atom stereocenters. The fourth-order valence-corrected chi connectivity index (χ4v) is 3.52. The van der Waals surface area contributed by atoms with Crippen LogP contribution in [0.15, 0.2) is 30.5 Å². The maximum Gasteiger partial charge on any atom is 0.315 e. The molecule has 1 aromatic heterocycles. The molecule has 0 spiro atoms. The Kier molecular flexibility index (Phi) is 5.88. The number of ether oxygens (including phenoxy) is 1. The van der Waals surface area contributed by atoms with Crippen molar-refractivity contribution < 1.29 is 9.53 Å². The first-order valence-corrected chi connectivity index (χ1v) is 9.32. The number of urea groups is 1. The Labute approximate surface area is 152 Å². The van der Waals surface area contributed by atoms with Gasteiger partial charge in [0, 0.05) is 29.9 Å². The molecule has 2 amide bonds. The first-order chi connectivity index (χ1) is 12.1. The van der Waals surface area contributed by atoms with Gasteiger partial charge in [-0.2, -0.15) is 0 Å². The van der Waals surface area contributed by atoms with Gasteiger partial charge in [-0.3, -0.25) is 0 Å². The van der Waals surface area contributed by atoms with Crippen molar-refractivity contribution in [1.29, 1.82) is 0 Å². The zero-order valence-corrected chi connectivity index (χ0v) is 15.4. The van der Waals surface area contributed by atoms with Crippen LogP contribution < -0.4 is 15.5 Å². The molecule has 1 aliphatic rings. The predicted molar refractivity (Wildman–Crippen MR) is 100 cm³/mol. The van der Waals surface area contributed by atoms with E-state index in [4.69, 9.17) is 4.74 Å². The van der Waals surface area contributed by atoms with E-state index in [-0.39, 0.29) is 12.1 Å². The number of amides is 2. The van der Waals surface area contributed by atoms with Crippen LogP contribution in [0.1, 0.15) is 28.4 Å². The first-order valence-electron chi connectivity index (χ1n) is 8.50. The Bertz CT molecular complexity index is 695. The van der Waals surface area contributed by atoms with E-state index in [1.165, 1.54) is 5.69 Å². The van der Waals surface area contributed by atoms with Crippen molar-refractivity contribution >= 4 is 23.1 Å². The summed E-state index contributed by atoms with van der Waals surface area (Å²) < 4.78 is 5.38. The van der Waals surface area contributed by atoms with Crippen LogP contribution >= 0.6 is 11.3 Å². The highest BCUT2D eigenvalue weighted by Gasteiger charge is 2.13. The lowest BCUT2D eigenvalue weighted by Gasteiger charge is -2.29. The normalized spacial score (nSPS) is 15.7. The summed E-state index contributed by atoms with van der Waals surface area (Å²) in [5, 5.41) is 6.85. The van der Waals surface area contributed by atoms with Crippen molar-refractivity contribution in [2.45, 2.75) is 26.4 Å². The molecule has 134 valence electrons. The lowest BCUT2D eigenvalue weighted by atomic mass is 10.1. The smallest absolute Gasteiger partial charge is 0.315 e. The van der Waals surface area contributed by atoms with Gasteiger partial charge in [0.15, 0.2) is 0 Å². The summed E-state index contributed by atoms with van der Waals surface area (Å²) in [5.41, 5.74) is 2.28. The third-order valence-electron chi connectivity index (χ3n) is 4.21. The summed E-state index contributed by atoms with van der Waals surface area (Å²) in [6.07, 6.45) is 1.80. The Hall–Kier alpha value is -2.12. The SMILES string of the molecule is Cc1ncc(CNC(=O)NC(C)c2ccc(N3CCOCC3)cc2)s1. The monoisotopic (exact) mass is 360 g/mol. The van der Waals surface area contributed by atoms with E-state index in [9.17, 15) is 4.79 Å². The standard InChI is InChI=1S/C18H24N4O2S/c1-13(21-18(23)20-12-17-11-19-14(2)25-17)15-3-5-16(6-4-15)22-7-9-24-10-8-22/h3-6,11,13H,7-10,12H2,1-2H3,(H2,20,21,23). The van der Waals surface area contributed by atoms with E-state index in [1.54, 1.807) is 17.5 Å². The number of nitrogens with one attached hydrogen (secondary N) is 2. The lowest BCUT2D eigenvalue weighted by Crippen LogP contribution is -2.37. The largest absolute Gasteiger partial charge is 0.378 e. The van der Waals surface area contributed by atoms with E-state index in [1.807, 2.05) is 13.8 Å². The van der Waals surface area contributed by atoms with Gasteiger partial charge >= 0.3 is 6.03 Å². The molecule has 1 aliphatic heterocycles. The molecule has 3 rings (SSSR count). The minimum Gasteiger partial charge on any atom is -0.378 e. The summed E-state index contributed by atoms with van der Waals surface area (Å²) in [7, 11) is 0. The first kappa shape index (κ1) is 17.7. The van der Waals surface area contributed by atoms with Gasteiger partial charge in [0.05, 0.1) is 30.8 Å². The van der Waals surface area contributed by atoms with Gasteiger partial charge in [0.25, 0.3) is 0 Å². The fourth-order valence-electron chi connectivity index (χ4n) is 2.78. The maximum atomic E-state index is 12.1. The number of carbonyl (C=O) groups is 1. The van der Waals surface area contributed by atoms with Gasteiger partial charge in [-0.1, -0.05) is 12.1 Å². The van der Waals surface area contributed by atoms with Crippen molar-refractivity contribution in [2.24, 2.45) is 0 Å². The Morgan fingerprint density at radius 2 is 2.04 bits per heavy atom. The number of hydrogen-bond donors (Lipinski definition) is 2. The summed E-state index contributed by atoms with van der Waals surface area (Å²) >= 11 is 1.59. The number of rotatable bonds is 5. The number of carbonyl (C=O) groups excluding carboxylic acids is 1. The van der Waals surface area contributed by atoms with Crippen LogP contribution in [-0.2, 0) is 11.3 Å². The number of hydrogen-bond acceptors (Lipinski definition) is 5. The summed E-state index contributed by atoms with van der Waals surface area (Å²) in [6, 6.07) is 8.14. The Morgan fingerprint density at radius 3 is 2.68 bits per heavy atom. The molecule has 1 fully saturated rings. The van der Waals surface area contributed by atoms with Crippen molar-refractivity contribution in [2.75, 3.05) is 31.2 Å². The molecule has 6 nitrogen and oxygen atoms in total. The van der Waals surface area contributed by atoms with Gasteiger partial charge in [-0.25, -0.2) is 9.78 Å². The van der Waals surface area contributed by atoms with E-state index in [0.717, 1.165) is 41.8 Å². The fraction of sp³-hybridized carbons (Fsp3) is 0.444. The van der Waals surface area contributed by atoms with E-state index in [2.05, 4.69) is 44.8 Å². The molecule has 0 aliphatic carbocycles. The lowest BCUT2D eigenvalue weighted by molar-refractivity contribution is 0.122. The summed E-state index contributed by atoms with van der Waals surface area (Å²) in [4.78, 5) is 19.6. The highest BCUT2D eigenvalue weighted by atomic mass is 32.1. The van der Waals surface area contributed by atoms with Gasteiger partial charge in [-0.05, 0) is 31.5 Å². The predicted octanol–water partition coefficient (Wildman–Crippen LogP) is 2.85. The Balaban J connectivity index is 1.50. The second-order valence-electron chi connectivity index (χ2n) is 6.09. The van der Waals surface area contributed by atoms with E-state index < -0.39 is 0 Å².